The SMILES string of the molecule is CCCCCCCCCC(=O)N(C)C(N)=O. The van der Waals surface area contributed by atoms with E-state index in [4.69, 9.17) is 5.73 Å². The summed E-state index contributed by atoms with van der Waals surface area (Å²) >= 11 is 0. The number of unbranched alkanes of at least 4 members (excludes halogenated alkanes) is 6. The average Bonchev–Trinajstić information content (AvgIpc) is 2.26. The Morgan fingerprint density at radius 1 is 1.00 bits per heavy atom. The van der Waals surface area contributed by atoms with Crippen LogP contribution in [0.25, 0.3) is 0 Å². The van der Waals surface area contributed by atoms with Gasteiger partial charge in [0.2, 0.25) is 5.91 Å². The van der Waals surface area contributed by atoms with Crippen LogP contribution in [0, 0.1) is 0 Å². The number of carbonyl (C=O) groups is 2. The third kappa shape index (κ3) is 7.26. The first-order valence-corrected chi connectivity index (χ1v) is 6.15. The summed E-state index contributed by atoms with van der Waals surface area (Å²) in [6.45, 7) is 2.19. The molecule has 94 valence electrons. The Morgan fingerprint density at radius 3 is 2.00 bits per heavy atom. The van der Waals surface area contributed by atoms with Crippen LogP contribution >= 0.6 is 0 Å². The van der Waals surface area contributed by atoms with Crippen LogP contribution in [-0.4, -0.2) is 23.9 Å². The van der Waals surface area contributed by atoms with Crippen molar-refractivity contribution in [3.63, 3.8) is 0 Å². The number of nitrogens with two attached hydrogens (primary N) is 1. The van der Waals surface area contributed by atoms with E-state index in [0.717, 1.165) is 17.7 Å². The second-order valence-electron chi connectivity index (χ2n) is 4.16. The van der Waals surface area contributed by atoms with Gasteiger partial charge in [-0.05, 0) is 6.42 Å². The lowest BCUT2D eigenvalue weighted by Gasteiger charge is -2.11. The Hall–Kier alpha value is -1.06. The van der Waals surface area contributed by atoms with Gasteiger partial charge in [-0.2, -0.15) is 0 Å². The predicted molar refractivity (Wildman–Crippen MR) is 65.0 cm³/mol. The van der Waals surface area contributed by atoms with Crippen molar-refractivity contribution in [2.75, 3.05) is 7.05 Å². The number of nitrogens with zero attached hydrogens (tertiary/aromatic N) is 1. The second kappa shape index (κ2) is 9.19. The maximum absolute atomic E-state index is 11.3. The van der Waals surface area contributed by atoms with E-state index in [1.165, 1.54) is 39.2 Å². The fraction of sp³-hybridized carbons (Fsp3) is 0.833. The molecule has 0 aliphatic rings. The summed E-state index contributed by atoms with van der Waals surface area (Å²) in [6.07, 6.45) is 8.58. The summed E-state index contributed by atoms with van der Waals surface area (Å²) in [7, 11) is 1.42. The van der Waals surface area contributed by atoms with Gasteiger partial charge in [-0.3, -0.25) is 9.69 Å². The van der Waals surface area contributed by atoms with Crippen molar-refractivity contribution in [1.82, 2.24) is 4.90 Å². The summed E-state index contributed by atoms with van der Waals surface area (Å²) in [4.78, 5) is 23.0. The molecule has 0 aromatic carbocycles. The molecular formula is C12H24N2O2. The molecule has 0 radical (unpaired) electrons. The molecule has 3 amide bonds. The van der Waals surface area contributed by atoms with Gasteiger partial charge in [-0.25, -0.2) is 4.79 Å². The van der Waals surface area contributed by atoms with E-state index in [2.05, 4.69) is 6.92 Å². The molecule has 0 bridgehead atoms. The smallest absolute Gasteiger partial charge is 0.321 e. The number of carbonyl (C=O) groups excluding carboxylic acids is 2. The highest BCUT2D eigenvalue weighted by Crippen LogP contribution is 2.09. The Labute approximate surface area is 98.2 Å². The van der Waals surface area contributed by atoms with E-state index in [1.54, 1.807) is 0 Å². The van der Waals surface area contributed by atoms with E-state index >= 15 is 0 Å². The number of hydrogen-bond donors (Lipinski definition) is 1. The number of hydrogen-bond acceptors (Lipinski definition) is 2. The zero-order valence-electron chi connectivity index (χ0n) is 10.5. The molecule has 16 heavy (non-hydrogen) atoms. The third-order valence-corrected chi connectivity index (χ3v) is 2.70. The first-order chi connectivity index (χ1) is 7.59. The molecule has 4 heteroatoms. The lowest BCUT2D eigenvalue weighted by molar-refractivity contribution is -0.127. The molecular weight excluding hydrogens is 204 g/mol. The van der Waals surface area contributed by atoms with Gasteiger partial charge in [0, 0.05) is 13.5 Å². The number of urea groups is 1. The molecule has 0 aromatic heterocycles. The Morgan fingerprint density at radius 2 is 1.50 bits per heavy atom. The minimum atomic E-state index is -0.673. The van der Waals surface area contributed by atoms with Gasteiger partial charge in [0.1, 0.15) is 0 Å². The van der Waals surface area contributed by atoms with Crippen molar-refractivity contribution in [1.29, 1.82) is 0 Å². The van der Waals surface area contributed by atoms with Crippen LogP contribution in [0.5, 0.6) is 0 Å². The number of imide groups is 1. The Bertz CT molecular complexity index is 217. The highest BCUT2D eigenvalue weighted by atomic mass is 16.2. The topological polar surface area (TPSA) is 63.4 Å². The summed E-state index contributed by atoms with van der Waals surface area (Å²) in [5.74, 6) is -0.180. The molecule has 4 nitrogen and oxygen atoms in total. The lowest BCUT2D eigenvalue weighted by atomic mass is 10.1. The first kappa shape index (κ1) is 14.9. The van der Waals surface area contributed by atoms with Crippen LogP contribution in [-0.2, 0) is 4.79 Å². The maximum Gasteiger partial charge on any atom is 0.321 e. The van der Waals surface area contributed by atoms with Crippen LogP contribution in [0.15, 0.2) is 0 Å². The van der Waals surface area contributed by atoms with Crippen LogP contribution in [0.4, 0.5) is 4.79 Å². The molecule has 0 heterocycles. The molecule has 0 saturated carbocycles. The third-order valence-electron chi connectivity index (χ3n) is 2.70. The summed E-state index contributed by atoms with van der Waals surface area (Å²) in [6, 6.07) is -0.673. The van der Waals surface area contributed by atoms with E-state index < -0.39 is 6.03 Å². The zero-order valence-corrected chi connectivity index (χ0v) is 10.5. The molecule has 0 fully saturated rings. The molecule has 0 aliphatic heterocycles. The standard InChI is InChI=1S/C12H24N2O2/c1-3-4-5-6-7-8-9-10-11(15)14(2)12(13)16/h3-10H2,1-2H3,(H2,13,16). The van der Waals surface area contributed by atoms with E-state index in [0.29, 0.717) is 6.42 Å². The van der Waals surface area contributed by atoms with Gasteiger partial charge in [0.15, 0.2) is 0 Å². The average molecular weight is 228 g/mol. The molecule has 2 N–H and O–H groups in total. The largest absolute Gasteiger partial charge is 0.351 e. The molecule has 0 unspecified atom stereocenters. The predicted octanol–water partition coefficient (Wildman–Crippen LogP) is 2.66. The van der Waals surface area contributed by atoms with E-state index in [-0.39, 0.29) is 5.91 Å². The molecule has 0 spiro atoms. The summed E-state index contributed by atoms with van der Waals surface area (Å²) in [5.41, 5.74) is 4.99. The van der Waals surface area contributed by atoms with Gasteiger partial charge < -0.3 is 5.73 Å². The first-order valence-electron chi connectivity index (χ1n) is 6.15. The van der Waals surface area contributed by atoms with Crippen molar-refractivity contribution in [3.8, 4) is 0 Å². The molecule has 0 atom stereocenters. The molecule has 0 rings (SSSR count). The normalized spacial score (nSPS) is 10.1. The van der Waals surface area contributed by atoms with Crippen molar-refractivity contribution in [2.24, 2.45) is 5.73 Å². The maximum atomic E-state index is 11.3. The van der Waals surface area contributed by atoms with Gasteiger partial charge >= 0.3 is 6.03 Å². The Balaban J connectivity index is 3.38. The van der Waals surface area contributed by atoms with Crippen LogP contribution < -0.4 is 5.73 Å². The Kier molecular flexibility index (Phi) is 8.58. The molecule has 0 saturated heterocycles. The zero-order chi connectivity index (χ0) is 12.4. The fourth-order valence-electron chi connectivity index (χ4n) is 1.52. The van der Waals surface area contributed by atoms with Gasteiger partial charge in [-0.1, -0.05) is 45.4 Å². The van der Waals surface area contributed by atoms with Gasteiger partial charge in [-0.15, -0.1) is 0 Å². The van der Waals surface area contributed by atoms with Crippen LogP contribution in [0.2, 0.25) is 0 Å². The number of primary amides is 1. The highest BCUT2D eigenvalue weighted by Gasteiger charge is 2.12. The molecule has 0 aromatic rings. The lowest BCUT2D eigenvalue weighted by Crippen LogP contribution is -2.37. The van der Waals surface area contributed by atoms with Crippen molar-refractivity contribution < 1.29 is 9.59 Å². The van der Waals surface area contributed by atoms with E-state index in [9.17, 15) is 9.59 Å². The summed E-state index contributed by atoms with van der Waals surface area (Å²) < 4.78 is 0. The second-order valence-corrected chi connectivity index (χ2v) is 4.16. The van der Waals surface area contributed by atoms with Gasteiger partial charge in [0.25, 0.3) is 0 Å². The number of rotatable bonds is 8. The minimum absolute atomic E-state index is 0.180. The fourth-order valence-corrected chi connectivity index (χ4v) is 1.52. The number of amides is 3. The van der Waals surface area contributed by atoms with Crippen molar-refractivity contribution >= 4 is 11.9 Å². The molecule has 0 aliphatic carbocycles. The van der Waals surface area contributed by atoms with Gasteiger partial charge in [0.05, 0.1) is 0 Å². The van der Waals surface area contributed by atoms with Crippen LogP contribution in [0.3, 0.4) is 0 Å². The van der Waals surface area contributed by atoms with Crippen molar-refractivity contribution in [3.05, 3.63) is 0 Å². The summed E-state index contributed by atoms with van der Waals surface area (Å²) in [5, 5.41) is 0. The monoisotopic (exact) mass is 228 g/mol. The highest BCUT2D eigenvalue weighted by molar-refractivity contribution is 5.93. The van der Waals surface area contributed by atoms with E-state index in [1.807, 2.05) is 0 Å². The van der Waals surface area contributed by atoms with Crippen molar-refractivity contribution in [2.45, 2.75) is 58.3 Å². The quantitative estimate of drug-likeness (QED) is 0.649. The minimum Gasteiger partial charge on any atom is -0.351 e. The van der Waals surface area contributed by atoms with Crippen LogP contribution in [0.1, 0.15) is 58.3 Å².